The maximum absolute atomic E-state index is 11.6. The molecule has 84 valence electrons. The Bertz CT molecular complexity index is 362. The summed E-state index contributed by atoms with van der Waals surface area (Å²) >= 11 is 0. The molecule has 1 rings (SSSR count). The molecule has 1 aromatic heterocycles. The van der Waals surface area contributed by atoms with Crippen molar-refractivity contribution >= 4 is 0 Å². The van der Waals surface area contributed by atoms with Crippen LogP contribution in [0.4, 0.5) is 0 Å². The molecule has 0 saturated heterocycles. The first-order valence-electron chi connectivity index (χ1n) is 4.86. The Balaban J connectivity index is 2.75. The maximum atomic E-state index is 11.6. The minimum atomic E-state index is -0.0288. The van der Waals surface area contributed by atoms with Gasteiger partial charge in [-0.3, -0.25) is 9.36 Å². The van der Waals surface area contributed by atoms with Gasteiger partial charge in [-0.15, -0.1) is 0 Å². The van der Waals surface area contributed by atoms with Gasteiger partial charge in [-0.05, 0) is 14.0 Å². The topological polar surface area (TPSA) is 56.1 Å². The summed E-state index contributed by atoms with van der Waals surface area (Å²) in [6.07, 6.45) is 1.57. The largest absolute Gasteiger partial charge is 0.383 e. The molecule has 0 aliphatic heterocycles. The van der Waals surface area contributed by atoms with E-state index in [1.54, 1.807) is 24.9 Å². The maximum Gasteiger partial charge on any atom is 0.253 e. The molecule has 1 N–H and O–H groups in total. The molecule has 0 spiro atoms. The van der Waals surface area contributed by atoms with Crippen LogP contribution in [0.5, 0.6) is 0 Å². The Morgan fingerprint density at radius 3 is 2.93 bits per heavy atom. The van der Waals surface area contributed by atoms with Crippen LogP contribution in [0.15, 0.2) is 17.2 Å². The number of nitrogens with one attached hydrogen (secondary N) is 1. The SMILES string of the molecule is CNC(COC)Cn1cnc(C)cc1=O. The number of likely N-dealkylation sites (N-methyl/N-ethyl adjacent to an activating group) is 1. The van der Waals surface area contributed by atoms with E-state index in [2.05, 4.69) is 10.3 Å². The van der Waals surface area contributed by atoms with Gasteiger partial charge in [0.25, 0.3) is 5.56 Å². The molecule has 0 bridgehead atoms. The average Bonchev–Trinajstić information content (AvgIpc) is 2.21. The Morgan fingerprint density at radius 1 is 1.67 bits per heavy atom. The van der Waals surface area contributed by atoms with Crippen LogP contribution in [-0.2, 0) is 11.3 Å². The van der Waals surface area contributed by atoms with Crippen molar-refractivity contribution in [1.82, 2.24) is 14.9 Å². The van der Waals surface area contributed by atoms with Crippen molar-refractivity contribution in [3.05, 3.63) is 28.4 Å². The predicted molar refractivity (Wildman–Crippen MR) is 58.0 cm³/mol. The summed E-state index contributed by atoms with van der Waals surface area (Å²) in [5, 5.41) is 3.08. The van der Waals surface area contributed by atoms with E-state index in [-0.39, 0.29) is 11.6 Å². The highest BCUT2D eigenvalue weighted by Gasteiger charge is 2.07. The Morgan fingerprint density at radius 2 is 2.40 bits per heavy atom. The van der Waals surface area contributed by atoms with Gasteiger partial charge in [-0.2, -0.15) is 0 Å². The standard InChI is InChI=1S/C10H17N3O2/c1-8-4-10(14)13(7-12-8)5-9(11-2)6-15-3/h4,7,9,11H,5-6H2,1-3H3. The first kappa shape index (κ1) is 11.9. The van der Waals surface area contributed by atoms with Gasteiger partial charge in [0.15, 0.2) is 0 Å². The fourth-order valence-electron chi connectivity index (χ4n) is 1.32. The number of hydrogen-bond acceptors (Lipinski definition) is 4. The highest BCUT2D eigenvalue weighted by Crippen LogP contribution is 1.90. The van der Waals surface area contributed by atoms with Gasteiger partial charge in [-0.1, -0.05) is 0 Å². The van der Waals surface area contributed by atoms with E-state index in [1.165, 1.54) is 6.07 Å². The molecule has 1 unspecified atom stereocenters. The Kier molecular flexibility index (Phi) is 4.45. The summed E-state index contributed by atoms with van der Waals surface area (Å²) in [4.78, 5) is 15.6. The van der Waals surface area contributed by atoms with E-state index in [1.807, 2.05) is 7.05 Å². The summed E-state index contributed by atoms with van der Waals surface area (Å²) in [7, 11) is 3.48. The van der Waals surface area contributed by atoms with Gasteiger partial charge in [0.05, 0.1) is 12.9 Å². The number of methoxy groups -OCH3 is 1. The molecule has 1 atom stereocenters. The second kappa shape index (κ2) is 5.63. The van der Waals surface area contributed by atoms with Crippen LogP contribution in [-0.4, -0.2) is 36.4 Å². The van der Waals surface area contributed by atoms with Crippen LogP contribution in [0.2, 0.25) is 0 Å². The third-order valence-corrected chi connectivity index (χ3v) is 2.21. The van der Waals surface area contributed by atoms with Crippen molar-refractivity contribution in [2.24, 2.45) is 0 Å². The molecule has 0 aromatic carbocycles. The van der Waals surface area contributed by atoms with Crippen molar-refractivity contribution in [2.75, 3.05) is 20.8 Å². The molecule has 0 aliphatic carbocycles. The van der Waals surface area contributed by atoms with Gasteiger partial charge >= 0.3 is 0 Å². The van der Waals surface area contributed by atoms with Crippen molar-refractivity contribution in [1.29, 1.82) is 0 Å². The molecule has 0 aliphatic rings. The number of ether oxygens (including phenoxy) is 1. The average molecular weight is 211 g/mol. The fraction of sp³-hybridized carbons (Fsp3) is 0.600. The van der Waals surface area contributed by atoms with Gasteiger partial charge in [0.2, 0.25) is 0 Å². The van der Waals surface area contributed by atoms with Gasteiger partial charge in [0.1, 0.15) is 0 Å². The molecule has 1 heterocycles. The highest BCUT2D eigenvalue weighted by molar-refractivity contribution is 4.96. The van der Waals surface area contributed by atoms with Crippen LogP contribution in [0.3, 0.4) is 0 Å². The van der Waals surface area contributed by atoms with Crippen LogP contribution in [0, 0.1) is 6.92 Å². The minimum Gasteiger partial charge on any atom is -0.383 e. The van der Waals surface area contributed by atoms with Gasteiger partial charge in [0, 0.05) is 31.5 Å². The zero-order valence-corrected chi connectivity index (χ0v) is 9.36. The van der Waals surface area contributed by atoms with Crippen LogP contribution < -0.4 is 10.9 Å². The molecule has 0 fully saturated rings. The second-order valence-corrected chi connectivity index (χ2v) is 3.46. The van der Waals surface area contributed by atoms with Crippen LogP contribution in [0.25, 0.3) is 0 Å². The molecule has 0 amide bonds. The lowest BCUT2D eigenvalue weighted by atomic mass is 10.3. The quantitative estimate of drug-likeness (QED) is 0.732. The smallest absolute Gasteiger partial charge is 0.253 e. The first-order valence-corrected chi connectivity index (χ1v) is 4.86. The third kappa shape index (κ3) is 3.45. The lowest BCUT2D eigenvalue weighted by Gasteiger charge is -2.16. The molecule has 0 radical (unpaired) electrons. The van der Waals surface area contributed by atoms with Gasteiger partial charge < -0.3 is 10.1 Å². The number of hydrogen-bond donors (Lipinski definition) is 1. The van der Waals surface area contributed by atoms with Crippen LogP contribution >= 0.6 is 0 Å². The van der Waals surface area contributed by atoms with Crippen molar-refractivity contribution in [3.63, 3.8) is 0 Å². The number of nitrogens with zero attached hydrogens (tertiary/aromatic N) is 2. The minimum absolute atomic E-state index is 0.0288. The summed E-state index contributed by atoms with van der Waals surface area (Å²) in [6, 6.07) is 1.65. The summed E-state index contributed by atoms with van der Waals surface area (Å²) in [5.74, 6) is 0. The number of rotatable bonds is 5. The molecule has 15 heavy (non-hydrogen) atoms. The second-order valence-electron chi connectivity index (χ2n) is 3.46. The molecule has 0 saturated carbocycles. The predicted octanol–water partition coefficient (Wildman–Crippen LogP) is -0.214. The highest BCUT2D eigenvalue weighted by atomic mass is 16.5. The van der Waals surface area contributed by atoms with Crippen molar-refractivity contribution in [2.45, 2.75) is 19.5 Å². The lowest BCUT2D eigenvalue weighted by Crippen LogP contribution is -2.37. The van der Waals surface area contributed by atoms with Crippen LogP contribution in [0.1, 0.15) is 5.69 Å². The molecule has 5 nitrogen and oxygen atoms in total. The molecular formula is C10H17N3O2. The molecular weight excluding hydrogens is 194 g/mol. The normalized spacial score (nSPS) is 12.7. The Hall–Kier alpha value is -1.20. The van der Waals surface area contributed by atoms with E-state index in [4.69, 9.17) is 4.74 Å². The monoisotopic (exact) mass is 211 g/mol. The lowest BCUT2D eigenvalue weighted by molar-refractivity contribution is 0.161. The summed E-state index contributed by atoms with van der Waals surface area (Å²) in [6.45, 7) is 2.93. The van der Waals surface area contributed by atoms with E-state index in [0.717, 1.165) is 5.69 Å². The number of aryl methyl sites for hydroxylation is 1. The van der Waals surface area contributed by atoms with E-state index < -0.39 is 0 Å². The first-order chi connectivity index (χ1) is 7.17. The zero-order chi connectivity index (χ0) is 11.3. The molecule has 5 heteroatoms. The summed E-state index contributed by atoms with van der Waals surface area (Å²) in [5.41, 5.74) is 0.711. The van der Waals surface area contributed by atoms with Gasteiger partial charge in [-0.25, -0.2) is 4.98 Å². The fourth-order valence-corrected chi connectivity index (χ4v) is 1.32. The zero-order valence-electron chi connectivity index (χ0n) is 9.36. The van der Waals surface area contributed by atoms with Crippen molar-refractivity contribution in [3.8, 4) is 0 Å². The summed E-state index contributed by atoms with van der Waals surface area (Å²) < 4.78 is 6.61. The third-order valence-electron chi connectivity index (χ3n) is 2.21. The van der Waals surface area contributed by atoms with Crippen molar-refractivity contribution < 1.29 is 4.74 Å². The Labute approximate surface area is 89.1 Å². The number of aromatic nitrogens is 2. The molecule has 1 aromatic rings. The van der Waals surface area contributed by atoms with E-state index in [0.29, 0.717) is 13.2 Å². The van der Waals surface area contributed by atoms with E-state index >= 15 is 0 Å². The van der Waals surface area contributed by atoms with E-state index in [9.17, 15) is 4.79 Å².